The Balaban J connectivity index is 2.18. The summed E-state index contributed by atoms with van der Waals surface area (Å²) >= 11 is 0. The Labute approximate surface area is 101 Å². The van der Waals surface area contributed by atoms with Crippen LogP contribution in [0.15, 0.2) is 43.1 Å². The molecule has 1 heterocycles. The van der Waals surface area contributed by atoms with E-state index in [0.29, 0.717) is 0 Å². The van der Waals surface area contributed by atoms with Gasteiger partial charge in [-0.05, 0) is 37.1 Å². The molecule has 0 amide bonds. The number of allylic oxidation sites excluding steroid dienone is 1. The van der Waals surface area contributed by atoms with E-state index in [1.807, 2.05) is 30.3 Å². The molecule has 0 saturated heterocycles. The van der Waals surface area contributed by atoms with Crippen molar-refractivity contribution in [2.45, 2.75) is 12.8 Å². The van der Waals surface area contributed by atoms with Crippen molar-refractivity contribution in [1.29, 1.82) is 0 Å². The van der Waals surface area contributed by atoms with Crippen LogP contribution in [-0.2, 0) is 0 Å². The second kappa shape index (κ2) is 5.34. The van der Waals surface area contributed by atoms with E-state index >= 15 is 0 Å². The van der Waals surface area contributed by atoms with Gasteiger partial charge in [0.25, 0.3) is 0 Å². The Morgan fingerprint density at radius 3 is 3.06 bits per heavy atom. The van der Waals surface area contributed by atoms with Gasteiger partial charge in [0.2, 0.25) is 0 Å². The largest absolute Gasteiger partial charge is 0.397 e. The monoisotopic (exact) mass is 227 g/mol. The molecule has 0 spiro atoms. The number of pyridine rings is 1. The molecule has 0 aliphatic rings. The summed E-state index contributed by atoms with van der Waals surface area (Å²) in [6.07, 6.45) is 5.78. The first kappa shape index (κ1) is 11.5. The minimum Gasteiger partial charge on any atom is -0.397 e. The van der Waals surface area contributed by atoms with Crippen molar-refractivity contribution in [3.63, 3.8) is 0 Å². The van der Waals surface area contributed by atoms with Crippen molar-refractivity contribution in [1.82, 2.24) is 4.98 Å². The number of nitrogens with zero attached hydrogens (tertiary/aromatic N) is 1. The van der Waals surface area contributed by atoms with Gasteiger partial charge in [0, 0.05) is 18.1 Å². The number of benzene rings is 1. The van der Waals surface area contributed by atoms with E-state index in [2.05, 4.69) is 16.9 Å². The van der Waals surface area contributed by atoms with Crippen LogP contribution < -0.4 is 11.1 Å². The van der Waals surface area contributed by atoms with Crippen LogP contribution in [0.5, 0.6) is 0 Å². The fraction of sp³-hybridized carbons (Fsp3) is 0.214. The zero-order valence-electron chi connectivity index (χ0n) is 9.82. The van der Waals surface area contributed by atoms with E-state index in [1.165, 1.54) is 0 Å². The third-order valence-electron chi connectivity index (χ3n) is 2.73. The van der Waals surface area contributed by atoms with Gasteiger partial charge in [0.05, 0.1) is 16.9 Å². The lowest BCUT2D eigenvalue weighted by molar-refractivity contribution is 0.891. The summed E-state index contributed by atoms with van der Waals surface area (Å²) in [5.41, 5.74) is 8.80. The average molecular weight is 227 g/mol. The molecule has 0 saturated carbocycles. The molecule has 0 fully saturated rings. The molecule has 3 nitrogen and oxygen atoms in total. The van der Waals surface area contributed by atoms with E-state index in [4.69, 9.17) is 5.73 Å². The van der Waals surface area contributed by atoms with Gasteiger partial charge in [-0.25, -0.2) is 0 Å². The first-order chi connectivity index (χ1) is 8.33. The summed E-state index contributed by atoms with van der Waals surface area (Å²) in [5, 5.41) is 4.34. The zero-order valence-corrected chi connectivity index (χ0v) is 9.82. The molecule has 3 heteroatoms. The maximum Gasteiger partial charge on any atom is 0.0724 e. The van der Waals surface area contributed by atoms with Crippen molar-refractivity contribution in [3.05, 3.63) is 43.1 Å². The molecule has 2 aromatic rings. The summed E-state index contributed by atoms with van der Waals surface area (Å²) in [6, 6.07) is 7.87. The topological polar surface area (TPSA) is 50.9 Å². The van der Waals surface area contributed by atoms with Crippen LogP contribution >= 0.6 is 0 Å². The Kier molecular flexibility index (Phi) is 3.60. The van der Waals surface area contributed by atoms with Crippen molar-refractivity contribution in [2.75, 3.05) is 17.6 Å². The molecular weight excluding hydrogens is 210 g/mol. The van der Waals surface area contributed by atoms with Crippen LogP contribution in [-0.4, -0.2) is 11.5 Å². The Hall–Kier alpha value is -2.03. The van der Waals surface area contributed by atoms with Gasteiger partial charge in [-0.1, -0.05) is 6.08 Å². The standard InChI is InChI=1S/C14H17N3/c1-2-3-4-9-17-13-8-7-12-11(14(13)15)6-5-10-16-12/h2,5-8,10,17H,1,3-4,9,15H2. The third-order valence-corrected chi connectivity index (χ3v) is 2.73. The summed E-state index contributed by atoms with van der Waals surface area (Å²) in [7, 11) is 0. The molecule has 0 radical (unpaired) electrons. The smallest absolute Gasteiger partial charge is 0.0724 e. The number of rotatable bonds is 5. The number of hydrogen-bond donors (Lipinski definition) is 2. The predicted molar refractivity (Wildman–Crippen MR) is 74.1 cm³/mol. The Morgan fingerprint density at radius 2 is 2.24 bits per heavy atom. The quantitative estimate of drug-likeness (QED) is 0.468. The number of nitrogen functional groups attached to an aromatic ring is 1. The summed E-state index contributed by atoms with van der Waals surface area (Å²) in [6.45, 7) is 4.61. The number of hydrogen-bond acceptors (Lipinski definition) is 3. The van der Waals surface area contributed by atoms with E-state index in [-0.39, 0.29) is 0 Å². The van der Waals surface area contributed by atoms with Gasteiger partial charge < -0.3 is 11.1 Å². The number of nitrogens with one attached hydrogen (secondary N) is 1. The molecule has 3 N–H and O–H groups in total. The molecule has 1 aromatic carbocycles. The van der Waals surface area contributed by atoms with E-state index in [0.717, 1.165) is 41.7 Å². The highest BCUT2D eigenvalue weighted by Gasteiger charge is 2.03. The maximum atomic E-state index is 6.11. The van der Waals surface area contributed by atoms with E-state index < -0.39 is 0 Å². The minimum absolute atomic E-state index is 0.772. The van der Waals surface area contributed by atoms with Crippen LogP contribution in [0.4, 0.5) is 11.4 Å². The van der Waals surface area contributed by atoms with Gasteiger partial charge in [0.1, 0.15) is 0 Å². The highest BCUT2D eigenvalue weighted by Crippen LogP contribution is 2.27. The van der Waals surface area contributed by atoms with Gasteiger partial charge >= 0.3 is 0 Å². The second-order valence-electron chi connectivity index (χ2n) is 3.95. The summed E-state index contributed by atoms with van der Waals surface area (Å²) in [5.74, 6) is 0. The van der Waals surface area contributed by atoms with Crippen LogP contribution in [0.1, 0.15) is 12.8 Å². The van der Waals surface area contributed by atoms with Crippen molar-refractivity contribution < 1.29 is 0 Å². The maximum absolute atomic E-state index is 6.11. The molecule has 2 rings (SSSR count). The first-order valence-electron chi connectivity index (χ1n) is 5.81. The lowest BCUT2D eigenvalue weighted by Crippen LogP contribution is -2.04. The van der Waals surface area contributed by atoms with Crippen LogP contribution in [0, 0.1) is 0 Å². The summed E-state index contributed by atoms with van der Waals surface area (Å²) in [4.78, 5) is 4.27. The number of nitrogens with two attached hydrogens (primary N) is 1. The molecule has 0 aliphatic carbocycles. The first-order valence-corrected chi connectivity index (χ1v) is 5.81. The molecular formula is C14H17N3. The third kappa shape index (κ3) is 2.56. The summed E-state index contributed by atoms with van der Waals surface area (Å²) < 4.78 is 0. The number of fused-ring (bicyclic) bond motifs is 1. The second-order valence-corrected chi connectivity index (χ2v) is 3.95. The number of anilines is 2. The predicted octanol–water partition coefficient (Wildman–Crippen LogP) is 3.20. The van der Waals surface area contributed by atoms with E-state index in [1.54, 1.807) is 6.20 Å². The van der Waals surface area contributed by atoms with Gasteiger partial charge in [0.15, 0.2) is 0 Å². The fourth-order valence-corrected chi connectivity index (χ4v) is 1.80. The molecule has 1 aromatic heterocycles. The van der Waals surface area contributed by atoms with Crippen molar-refractivity contribution >= 4 is 22.3 Å². The van der Waals surface area contributed by atoms with Crippen LogP contribution in [0.25, 0.3) is 10.9 Å². The van der Waals surface area contributed by atoms with Gasteiger partial charge in [-0.15, -0.1) is 6.58 Å². The fourth-order valence-electron chi connectivity index (χ4n) is 1.80. The molecule has 0 atom stereocenters. The SMILES string of the molecule is C=CCCCNc1ccc2ncccc2c1N. The van der Waals surface area contributed by atoms with Crippen molar-refractivity contribution in [2.24, 2.45) is 0 Å². The number of unbranched alkanes of at least 4 members (excludes halogenated alkanes) is 1. The molecule has 88 valence electrons. The Morgan fingerprint density at radius 1 is 1.35 bits per heavy atom. The lowest BCUT2D eigenvalue weighted by atomic mass is 10.1. The van der Waals surface area contributed by atoms with Crippen LogP contribution in [0.2, 0.25) is 0 Å². The number of aromatic nitrogens is 1. The molecule has 17 heavy (non-hydrogen) atoms. The molecule has 0 unspecified atom stereocenters. The molecule has 0 aliphatic heterocycles. The van der Waals surface area contributed by atoms with Crippen LogP contribution in [0.3, 0.4) is 0 Å². The Bertz CT molecular complexity index is 520. The minimum atomic E-state index is 0.772. The zero-order chi connectivity index (χ0) is 12.1. The van der Waals surface area contributed by atoms with Gasteiger partial charge in [-0.3, -0.25) is 4.98 Å². The average Bonchev–Trinajstić information content (AvgIpc) is 2.37. The normalized spacial score (nSPS) is 10.4. The van der Waals surface area contributed by atoms with Crippen molar-refractivity contribution in [3.8, 4) is 0 Å². The molecule has 0 bridgehead atoms. The van der Waals surface area contributed by atoms with E-state index in [9.17, 15) is 0 Å². The van der Waals surface area contributed by atoms with Gasteiger partial charge in [-0.2, -0.15) is 0 Å². The highest BCUT2D eigenvalue weighted by atomic mass is 14.9. The lowest BCUT2D eigenvalue weighted by Gasteiger charge is -2.10. The highest BCUT2D eigenvalue weighted by molar-refractivity contribution is 5.96.